The lowest BCUT2D eigenvalue weighted by molar-refractivity contribution is 0.273. The predicted octanol–water partition coefficient (Wildman–Crippen LogP) is 2.40. The van der Waals surface area contributed by atoms with Crippen LogP contribution in [0.25, 0.3) is 0 Å². The summed E-state index contributed by atoms with van der Waals surface area (Å²) in [6.45, 7) is 0.0568. The summed E-state index contributed by atoms with van der Waals surface area (Å²) < 4.78 is 29.4. The van der Waals surface area contributed by atoms with Crippen LogP contribution in [-0.2, 0) is 6.61 Å². The third kappa shape index (κ3) is 2.90. The molecule has 0 fully saturated rings. The molecule has 0 aliphatic rings. The molecule has 6 heteroatoms. The van der Waals surface area contributed by atoms with Gasteiger partial charge in [0.25, 0.3) is 0 Å². The molecule has 0 saturated heterocycles. The zero-order valence-electron chi connectivity index (χ0n) is 11.2. The van der Waals surface area contributed by atoms with E-state index in [0.29, 0.717) is 22.9 Å². The van der Waals surface area contributed by atoms with E-state index in [4.69, 9.17) is 19.9 Å². The van der Waals surface area contributed by atoms with E-state index in [2.05, 4.69) is 4.98 Å². The number of benzene rings is 1. The quantitative estimate of drug-likeness (QED) is 0.851. The number of nitrogen functional groups attached to an aromatic ring is 1. The zero-order valence-corrected chi connectivity index (χ0v) is 11.2. The molecule has 0 aliphatic carbocycles. The van der Waals surface area contributed by atoms with Gasteiger partial charge in [0.05, 0.1) is 14.2 Å². The number of nitrogens with two attached hydrogens (primary N) is 1. The van der Waals surface area contributed by atoms with Crippen LogP contribution < -0.4 is 19.9 Å². The van der Waals surface area contributed by atoms with Crippen molar-refractivity contribution in [3.05, 3.63) is 42.0 Å². The van der Waals surface area contributed by atoms with Crippen LogP contribution in [0.5, 0.6) is 17.2 Å². The summed E-state index contributed by atoms with van der Waals surface area (Å²) in [5, 5.41) is 0. The number of aromatic nitrogens is 1. The number of halogens is 1. The lowest BCUT2D eigenvalue weighted by Gasteiger charge is -2.12. The molecule has 1 aromatic heterocycles. The van der Waals surface area contributed by atoms with E-state index < -0.39 is 5.82 Å². The van der Waals surface area contributed by atoms with Crippen molar-refractivity contribution >= 4 is 5.69 Å². The van der Waals surface area contributed by atoms with Crippen LogP contribution in [0.2, 0.25) is 0 Å². The molecule has 1 heterocycles. The molecule has 0 radical (unpaired) electrons. The molecule has 5 nitrogen and oxygen atoms in total. The highest BCUT2D eigenvalue weighted by Gasteiger charge is 2.12. The van der Waals surface area contributed by atoms with Gasteiger partial charge in [0.1, 0.15) is 12.3 Å². The third-order valence-corrected chi connectivity index (χ3v) is 2.69. The van der Waals surface area contributed by atoms with Crippen LogP contribution in [0.15, 0.2) is 30.5 Å². The zero-order chi connectivity index (χ0) is 14.5. The second-order valence-corrected chi connectivity index (χ2v) is 3.97. The van der Waals surface area contributed by atoms with Crippen molar-refractivity contribution < 1.29 is 18.6 Å². The van der Waals surface area contributed by atoms with Crippen LogP contribution in [-0.4, -0.2) is 19.2 Å². The van der Waals surface area contributed by atoms with Gasteiger partial charge in [-0.05, 0) is 12.1 Å². The van der Waals surface area contributed by atoms with Gasteiger partial charge in [0, 0.05) is 24.0 Å². The topological polar surface area (TPSA) is 66.6 Å². The number of ether oxygens (including phenoxy) is 3. The molecule has 0 atom stereocenters. The SMILES string of the molecule is COc1ccnc(COc2ccc(N)cc2F)c1OC. The molecule has 0 aliphatic heterocycles. The van der Waals surface area contributed by atoms with Crippen LogP contribution in [0.1, 0.15) is 5.69 Å². The first-order chi connectivity index (χ1) is 9.65. The highest BCUT2D eigenvalue weighted by molar-refractivity contribution is 5.44. The van der Waals surface area contributed by atoms with Crippen molar-refractivity contribution in [2.75, 3.05) is 20.0 Å². The molecular formula is C14H15FN2O3. The summed E-state index contributed by atoms with van der Waals surface area (Å²) in [6, 6.07) is 5.91. The number of methoxy groups -OCH3 is 2. The summed E-state index contributed by atoms with van der Waals surface area (Å²) in [5.74, 6) is 0.586. The van der Waals surface area contributed by atoms with E-state index in [1.807, 2.05) is 0 Å². The number of nitrogens with zero attached hydrogens (tertiary/aromatic N) is 1. The largest absolute Gasteiger partial charge is 0.493 e. The van der Waals surface area contributed by atoms with Gasteiger partial charge in [-0.2, -0.15) is 0 Å². The van der Waals surface area contributed by atoms with Gasteiger partial charge in [-0.3, -0.25) is 4.98 Å². The van der Waals surface area contributed by atoms with Gasteiger partial charge in [-0.25, -0.2) is 4.39 Å². The van der Waals surface area contributed by atoms with Crippen molar-refractivity contribution in [3.63, 3.8) is 0 Å². The maximum absolute atomic E-state index is 13.6. The molecule has 2 rings (SSSR count). The van der Waals surface area contributed by atoms with Crippen LogP contribution >= 0.6 is 0 Å². The fourth-order valence-corrected chi connectivity index (χ4v) is 1.73. The van der Waals surface area contributed by atoms with Gasteiger partial charge in [0.15, 0.2) is 23.1 Å². The fourth-order valence-electron chi connectivity index (χ4n) is 1.73. The lowest BCUT2D eigenvalue weighted by atomic mass is 10.3. The molecule has 0 amide bonds. The molecule has 106 valence electrons. The van der Waals surface area contributed by atoms with E-state index in [-0.39, 0.29) is 12.4 Å². The first kappa shape index (κ1) is 13.9. The molecule has 2 aromatic rings. The minimum absolute atomic E-state index is 0.0568. The second-order valence-electron chi connectivity index (χ2n) is 3.97. The Balaban J connectivity index is 2.18. The average molecular weight is 278 g/mol. The smallest absolute Gasteiger partial charge is 0.185 e. The Morgan fingerprint density at radius 3 is 2.60 bits per heavy atom. The van der Waals surface area contributed by atoms with Gasteiger partial charge in [0.2, 0.25) is 0 Å². The van der Waals surface area contributed by atoms with Crippen molar-refractivity contribution in [2.45, 2.75) is 6.61 Å². The van der Waals surface area contributed by atoms with Crippen LogP contribution in [0, 0.1) is 5.82 Å². The van der Waals surface area contributed by atoms with Crippen molar-refractivity contribution in [1.82, 2.24) is 4.98 Å². The average Bonchev–Trinajstić information content (AvgIpc) is 2.45. The molecule has 2 N–H and O–H groups in total. The number of hydrogen-bond donors (Lipinski definition) is 1. The molecule has 0 saturated carbocycles. The Bertz CT molecular complexity index is 605. The van der Waals surface area contributed by atoms with Crippen molar-refractivity contribution in [1.29, 1.82) is 0 Å². The lowest BCUT2D eigenvalue weighted by Crippen LogP contribution is -2.04. The van der Waals surface area contributed by atoms with Crippen LogP contribution in [0.3, 0.4) is 0 Å². The Morgan fingerprint density at radius 2 is 1.95 bits per heavy atom. The molecule has 20 heavy (non-hydrogen) atoms. The van der Waals surface area contributed by atoms with Gasteiger partial charge >= 0.3 is 0 Å². The molecule has 0 spiro atoms. The normalized spacial score (nSPS) is 10.2. The predicted molar refractivity (Wildman–Crippen MR) is 72.5 cm³/mol. The van der Waals surface area contributed by atoms with E-state index >= 15 is 0 Å². The Labute approximate surface area is 116 Å². The number of anilines is 1. The highest BCUT2D eigenvalue weighted by Crippen LogP contribution is 2.30. The minimum Gasteiger partial charge on any atom is -0.493 e. The fraction of sp³-hybridized carbons (Fsp3) is 0.214. The van der Waals surface area contributed by atoms with Crippen molar-refractivity contribution in [2.24, 2.45) is 0 Å². The van der Waals surface area contributed by atoms with Gasteiger partial charge in [-0.1, -0.05) is 0 Å². The molecule has 0 unspecified atom stereocenters. The molecule has 1 aromatic carbocycles. The number of hydrogen-bond acceptors (Lipinski definition) is 5. The first-order valence-corrected chi connectivity index (χ1v) is 5.89. The minimum atomic E-state index is -0.521. The van der Waals surface area contributed by atoms with Gasteiger partial charge in [-0.15, -0.1) is 0 Å². The summed E-state index contributed by atoms with van der Waals surface area (Å²) in [4.78, 5) is 4.14. The standard InChI is InChI=1S/C14H15FN2O3/c1-18-13-5-6-17-11(14(13)19-2)8-20-12-4-3-9(16)7-10(12)15/h3-7H,8,16H2,1-2H3. The first-order valence-electron chi connectivity index (χ1n) is 5.89. The van der Waals surface area contributed by atoms with E-state index in [1.54, 1.807) is 18.3 Å². The van der Waals surface area contributed by atoms with E-state index in [0.717, 1.165) is 0 Å². The summed E-state index contributed by atoms with van der Waals surface area (Å²) in [6.07, 6.45) is 1.57. The Kier molecular flexibility index (Phi) is 4.24. The van der Waals surface area contributed by atoms with Crippen molar-refractivity contribution in [3.8, 4) is 17.2 Å². The monoisotopic (exact) mass is 278 g/mol. The van der Waals surface area contributed by atoms with Crippen LogP contribution in [0.4, 0.5) is 10.1 Å². The number of rotatable bonds is 5. The maximum Gasteiger partial charge on any atom is 0.185 e. The summed E-state index contributed by atoms with van der Waals surface area (Å²) in [5.41, 5.74) is 6.33. The molecular weight excluding hydrogens is 263 g/mol. The van der Waals surface area contributed by atoms with E-state index in [9.17, 15) is 4.39 Å². The summed E-state index contributed by atoms with van der Waals surface area (Å²) in [7, 11) is 3.04. The Morgan fingerprint density at radius 1 is 1.15 bits per heavy atom. The maximum atomic E-state index is 13.6. The summed E-state index contributed by atoms with van der Waals surface area (Å²) >= 11 is 0. The second kappa shape index (κ2) is 6.10. The molecule has 0 bridgehead atoms. The third-order valence-electron chi connectivity index (χ3n) is 2.69. The number of pyridine rings is 1. The highest BCUT2D eigenvalue weighted by atomic mass is 19.1. The van der Waals surface area contributed by atoms with E-state index in [1.165, 1.54) is 26.4 Å². The van der Waals surface area contributed by atoms with Gasteiger partial charge < -0.3 is 19.9 Å². The Hall–Kier alpha value is -2.50.